The first kappa shape index (κ1) is 14.1. The molecule has 0 unspecified atom stereocenters. The van der Waals surface area contributed by atoms with E-state index in [0.29, 0.717) is 6.54 Å². The normalized spacial score (nSPS) is 15.8. The number of pyridine rings is 1. The Morgan fingerprint density at radius 2 is 2.00 bits per heavy atom. The van der Waals surface area contributed by atoms with Crippen LogP contribution in [0.5, 0.6) is 0 Å². The van der Waals surface area contributed by atoms with Crippen molar-refractivity contribution >= 4 is 9.84 Å². The van der Waals surface area contributed by atoms with Gasteiger partial charge >= 0.3 is 0 Å². The molecule has 1 rings (SSSR count). The van der Waals surface area contributed by atoms with E-state index in [1.54, 1.807) is 13.1 Å². The fourth-order valence-corrected chi connectivity index (χ4v) is 2.53. The van der Waals surface area contributed by atoms with E-state index >= 15 is 0 Å². The molecule has 1 heterocycles. The van der Waals surface area contributed by atoms with Crippen molar-refractivity contribution in [3.63, 3.8) is 0 Å². The monoisotopic (exact) mass is 256 g/mol. The van der Waals surface area contributed by atoms with Crippen molar-refractivity contribution in [2.75, 3.05) is 13.3 Å². The Bertz CT molecular complexity index is 445. The molecular weight excluding hydrogens is 236 g/mol. The van der Waals surface area contributed by atoms with Crippen LogP contribution in [0.3, 0.4) is 0 Å². The smallest absolute Gasteiger partial charge is 0.151 e. The molecule has 0 aliphatic carbocycles. The Hall–Kier alpha value is -0.940. The molecule has 0 aliphatic rings. The number of hydrogen-bond donors (Lipinski definition) is 0. The van der Waals surface area contributed by atoms with Gasteiger partial charge in [-0.1, -0.05) is 6.07 Å². The van der Waals surface area contributed by atoms with Gasteiger partial charge in [0.25, 0.3) is 0 Å². The number of sulfone groups is 1. The van der Waals surface area contributed by atoms with Crippen LogP contribution >= 0.6 is 0 Å². The van der Waals surface area contributed by atoms with Crippen molar-refractivity contribution in [1.82, 2.24) is 9.88 Å². The Labute approximate surface area is 104 Å². The Balaban J connectivity index is 2.68. The van der Waals surface area contributed by atoms with E-state index < -0.39 is 9.84 Å². The summed E-state index contributed by atoms with van der Waals surface area (Å²) < 4.78 is 23.0. The molecule has 0 spiro atoms. The van der Waals surface area contributed by atoms with E-state index in [9.17, 15) is 8.42 Å². The molecule has 4 nitrogen and oxygen atoms in total. The van der Waals surface area contributed by atoms with E-state index in [1.807, 2.05) is 37.1 Å². The molecule has 0 radical (unpaired) electrons. The van der Waals surface area contributed by atoms with Crippen LogP contribution in [0.2, 0.25) is 0 Å². The number of hydrogen-bond acceptors (Lipinski definition) is 4. The summed E-state index contributed by atoms with van der Waals surface area (Å²) in [5.41, 5.74) is 0.947. The zero-order valence-corrected chi connectivity index (χ0v) is 11.6. The van der Waals surface area contributed by atoms with Gasteiger partial charge in [-0.2, -0.15) is 0 Å². The molecular formula is C12H20N2O2S. The minimum atomic E-state index is -3.00. The van der Waals surface area contributed by atoms with Crippen LogP contribution < -0.4 is 0 Å². The topological polar surface area (TPSA) is 50.3 Å². The van der Waals surface area contributed by atoms with Crippen LogP contribution in [0.15, 0.2) is 24.4 Å². The lowest BCUT2D eigenvalue weighted by molar-refractivity contribution is 0.242. The zero-order valence-electron chi connectivity index (χ0n) is 10.8. The molecule has 0 saturated heterocycles. The highest BCUT2D eigenvalue weighted by molar-refractivity contribution is 7.91. The second kappa shape index (κ2) is 5.60. The van der Waals surface area contributed by atoms with Crippen LogP contribution in [-0.2, 0) is 16.4 Å². The van der Waals surface area contributed by atoms with Gasteiger partial charge in [-0.15, -0.1) is 0 Å². The Morgan fingerprint density at radius 1 is 1.35 bits per heavy atom. The van der Waals surface area contributed by atoms with Gasteiger partial charge in [-0.25, -0.2) is 8.42 Å². The maximum atomic E-state index is 11.5. The van der Waals surface area contributed by atoms with E-state index in [-0.39, 0.29) is 11.3 Å². The third-order valence-electron chi connectivity index (χ3n) is 3.19. The highest BCUT2D eigenvalue weighted by atomic mass is 32.2. The second-order valence-corrected chi connectivity index (χ2v) is 6.91. The predicted molar refractivity (Wildman–Crippen MR) is 69.5 cm³/mol. The van der Waals surface area contributed by atoms with Gasteiger partial charge in [-0.05, 0) is 33.0 Å². The second-order valence-electron chi connectivity index (χ2n) is 4.51. The summed E-state index contributed by atoms with van der Waals surface area (Å²) in [4.78, 5) is 6.24. The highest BCUT2D eigenvalue weighted by Crippen LogP contribution is 2.12. The molecule has 2 atom stereocenters. The van der Waals surface area contributed by atoms with Crippen molar-refractivity contribution < 1.29 is 8.42 Å². The first-order valence-electron chi connectivity index (χ1n) is 5.61. The van der Waals surface area contributed by atoms with Crippen LogP contribution in [0.25, 0.3) is 0 Å². The first-order chi connectivity index (χ1) is 7.82. The summed E-state index contributed by atoms with van der Waals surface area (Å²) in [6.07, 6.45) is 3.02. The average Bonchev–Trinajstić information content (AvgIpc) is 2.27. The summed E-state index contributed by atoms with van der Waals surface area (Å²) >= 11 is 0. The van der Waals surface area contributed by atoms with E-state index in [2.05, 4.69) is 4.98 Å². The molecule has 0 fully saturated rings. The maximum Gasteiger partial charge on any atom is 0.151 e. The van der Waals surface area contributed by atoms with Gasteiger partial charge in [0.15, 0.2) is 9.84 Å². The predicted octanol–water partition coefficient (Wildman–Crippen LogP) is 1.33. The summed E-state index contributed by atoms with van der Waals surface area (Å²) in [5.74, 6) is 0. The van der Waals surface area contributed by atoms with Gasteiger partial charge in [0.2, 0.25) is 0 Å². The number of rotatable bonds is 5. The summed E-state index contributed by atoms with van der Waals surface area (Å²) in [7, 11) is -1.08. The molecule has 5 heteroatoms. The minimum absolute atomic E-state index is 0.0352. The van der Waals surface area contributed by atoms with Gasteiger partial charge in [0.1, 0.15) is 0 Å². The molecule has 0 amide bonds. The Morgan fingerprint density at radius 3 is 2.47 bits per heavy atom. The molecule has 0 saturated carbocycles. The van der Waals surface area contributed by atoms with Crippen LogP contribution in [0.4, 0.5) is 0 Å². The zero-order chi connectivity index (χ0) is 13.1. The lowest BCUT2D eigenvalue weighted by atomic mass is 10.2. The van der Waals surface area contributed by atoms with Crippen molar-refractivity contribution in [2.24, 2.45) is 0 Å². The van der Waals surface area contributed by atoms with E-state index in [4.69, 9.17) is 0 Å². The lowest BCUT2D eigenvalue weighted by Gasteiger charge is -2.28. The molecule has 0 aromatic carbocycles. The van der Waals surface area contributed by atoms with E-state index in [0.717, 1.165) is 5.69 Å². The summed E-state index contributed by atoms with van der Waals surface area (Å²) in [6, 6.07) is 5.70. The molecule has 0 N–H and O–H groups in total. The Kier molecular flexibility index (Phi) is 4.65. The quantitative estimate of drug-likeness (QED) is 0.797. The van der Waals surface area contributed by atoms with Crippen molar-refractivity contribution in [3.05, 3.63) is 30.1 Å². The molecule has 0 bridgehead atoms. The fourth-order valence-electron chi connectivity index (χ4n) is 1.61. The average molecular weight is 256 g/mol. The standard InChI is InChI=1S/C12H20N2O2S/c1-10(11(2)17(4,15)16)14(3)9-12-7-5-6-8-13-12/h5-8,10-11H,9H2,1-4H3/t10-,11+/m0/s1. The van der Waals surface area contributed by atoms with Crippen molar-refractivity contribution in [1.29, 1.82) is 0 Å². The van der Waals surface area contributed by atoms with Gasteiger partial charge in [0.05, 0.1) is 10.9 Å². The SMILES string of the molecule is C[C@H]([C@H](C)N(C)Cc1ccccn1)S(C)(=O)=O. The van der Waals surface area contributed by atoms with Crippen LogP contribution in [0, 0.1) is 0 Å². The van der Waals surface area contributed by atoms with Gasteiger partial charge in [0, 0.05) is 25.0 Å². The third-order valence-corrected chi connectivity index (χ3v) is 4.93. The highest BCUT2D eigenvalue weighted by Gasteiger charge is 2.25. The van der Waals surface area contributed by atoms with Gasteiger partial charge < -0.3 is 0 Å². The maximum absolute atomic E-state index is 11.5. The van der Waals surface area contributed by atoms with Gasteiger partial charge in [-0.3, -0.25) is 9.88 Å². The lowest BCUT2D eigenvalue weighted by Crippen LogP contribution is -2.41. The van der Waals surface area contributed by atoms with E-state index in [1.165, 1.54) is 6.26 Å². The van der Waals surface area contributed by atoms with Crippen molar-refractivity contribution in [3.8, 4) is 0 Å². The summed E-state index contributed by atoms with van der Waals surface area (Å²) in [6.45, 7) is 4.32. The third kappa shape index (κ3) is 4.09. The number of aromatic nitrogens is 1. The molecule has 0 aliphatic heterocycles. The fraction of sp³-hybridized carbons (Fsp3) is 0.583. The molecule has 17 heavy (non-hydrogen) atoms. The number of nitrogens with zero attached hydrogens (tertiary/aromatic N) is 2. The molecule has 1 aromatic rings. The minimum Gasteiger partial charge on any atom is -0.297 e. The largest absolute Gasteiger partial charge is 0.297 e. The van der Waals surface area contributed by atoms with Crippen LogP contribution in [-0.4, -0.2) is 42.9 Å². The van der Waals surface area contributed by atoms with Crippen molar-refractivity contribution in [2.45, 2.75) is 31.7 Å². The van der Waals surface area contributed by atoms with Crippen LogP contribution in [0.1, 0.15) is 19.5 Å². The summed E-state index contributed by atoms with van der Waals surface area (Å²) in [5, 5.41) is -0.379. The molecule has 96 valence electrons. The molecule has 1 aromatic heterocycles. The first-order valence-corrected chi connectivity index (χ1v) is 7.57.